The number of carbonyl (C=O) groups is 1. The van der Waals surface area contributed by atoms with Crippen LogP contribution in [0.15, 0.2) is 18.3 Å². The van der Waals surface area contributed by atoms with E-state index < -0.39 is 12.1 Å². The van der Waals surface area contributed by atoms with Crippen molar-refractivity contribution < 1.29 is 14.4 Å². The van der Waals surface area contributed by atoms with Crippen LogP contribution in [-0.4, -0.2) is 29.0 Å². The molecule has 1 unspecified atom stereocenters. The van der Waals surface area contributed by atoms with Crippen LogP contribution in [-0.2, 0) is 20.9 Å². The Morgan fingerprint density at radius 2 is 2.04 bits per heavy atom. The van der Waals surface area contributed by atoms with E-state index >= 15 is 0 Å². The first-order valence-electron chi connectivity index (χ1n) is 6.97. The van der Waals surface area contributed by atoms with Crippen molar-refractivity contribution in [3.05, 3.63) is 44.7 Å². The number of aromatic nitrogens is 2. The predicted molar refractivity (Wildman–Crippen MR) is 92.7 cm³/mol. The van der Waals surface area contributed by atoms with Crippen molar-refractivity contribution in [2.24, 2.45) is 0 Å². The smallest absolute Gasteiger partial charge is 0.336 e. The summed E-state index contributed by atoms with van der Waals surface area (Å²) < 4.78 is 5.93. The van der Waals surface area contributed by atoms with Gasteiger partial charge in [0.1, 0.15) is 11.8 Å². The summed E-state index contributed by atoms with van der Waals surface area (Å²) in [5.41, 5.74) is 3.67. The van der Waals surface area contributed by atoms with Gasteiger partial charge in [0.2, 0.25) is 0 Å². The highest BCUT2D eigenvalue weighted by Gasteiger charge is 2.17. The summed E-state index contributed by atoms with van der Waals surface area (Å²) in [6.45, 7) is 1.61. The minimum atomic E-state index is -0.808. The van der Waals surface area contributed by atoms with Crippen molar-refractivity contribution >= 4 is 40.8 Å². The Labute approximate surface area is 158 Å². The van der Waals surface area contributed by atoms with E-state index in [9.17, 15) is 10.1 Å². The first kappa shape index (κ1) is 19.5. The molecule has 0 fully saturated rings. The molecule has 1 heterocycles. The Hall–Kier alpha value is -1.82. The second-order valence-electron chi connectivity index (χ2n) is 4.87. The van der Waals surface area contributed by atoms with Gasteiger partial charge in [-0.2, -0.15) is 15.8 Å². The maximum Gasteiger partial charge on any atom is 0.336 e. The standard InChI is InChI=1S/C15H13Cl3N4O3/c1-8(15(23)24-2)25-20-6-13-9(5-19)7-22(21-13)14-11(17)3-10(16)4-12(14)18/h3-4,7-8,20H,6H2,1-2H3. The summed E-state index contributed by atoms with van der Waals surface area (Å²) in [4.78, 5) is 16.4. The first-order chi connectivity index (χ1) is 11.9. The van der Waals surface area contributed by atoms with E-state index in [1.165, 1.54) is 37.0 Å². The Kier molecular flexibility index (Phi) is 6.64. The summed E-state index contributed by atoms with van der Waals surface area (Å²) in [5.74, 6) is -0.529. The SMILES string of the molecule is COC(=O)C(C)ONCc1nn(-c2c(Cl)cc(Cl)cc2Cl)cc1C#N. The number of halogens is 3. The van der Waals surface area contributed by atoms with Gasteiger partial charge in [-0.15, -0.1) is 0 Å². The Balaban J connectivity index is 2.20. The third kappa shape index (κ3) is 4.63. The van der Waals surface area contributed by atoms with Crippen molar-refractivity contribution in [2.45, 2.75) is 19.6 Å². The van der Waals surface area contributed by atoms with Crippen LogP contribution in [0.2, 0.25) is 15.1 Å². The Morgan fingerprint density at radius 1 is 1.40 bits per heavy atom. The molecule has 2 rings (SSSR count). The maximum atomic E-state index is 11.3. The molecular formula is C15H13Cl3N4O3. The number of methoxy groups -OCH3 is 1. The summed E-state index contributed by atoms with van der Waals surface area (Å²) in [6.07, 6.45) is 0.680. The van der Waals surface area contributed by atoms with Crippen LogP contribution in [0.1, 0.15) is 18.2 Å². The molecule has 0 aliphatic rings. The number of carbonyl (C=O) groups excluding carboxylic acids is 1. The lowest BCUT2D eigenvalue weighted by Gasteiger charge is -2.10. The third-order valence-corrected chi connectivity index (χ3v) is 3.95. The minimum Gasteiger partial charge on any atom is -0.467 e. The molecule has 132 valence electrons. The van der Waals surface area contributed by atoms with E-state index in [0.29, 0.717) is 32.0 Å². The number of ether oxygens (including phenoxy) is 1. The number of nitriles is 1. The van der Waals surface area contributed by atoms with Gasteiger partial charge in [0, 0.05) is 11.2 Å². The number of hydrogen-bond acceptors (Lipinski definition) is 6. The third-order valence-electron chi connectivity index (χ3n) is 3.15. The molecule has 1 N–H and O–H groups in total. The molecule has 0 spiro atoms. The molecule has 0 saturated heterocycles. The zero-order valence-electron chi connectivity index (χ0n) is 13.2. The van der Waals surface area contributed by atoms with Gasteiger partial charge in [-0.05, 0) is 19.1 Å². The zero-order valence-corrected chi connectivity index (χ0v) is 15.5. The molecule has 10 heteroatoms. The number of hydroxylamine groups is 1. The van der Waals surface area contributed by atoms with Gasteiger partial charge < -0.3 is 4.74 Å². The predicted octanol–water partition coefficient (Wildman–Crippen LogP) is 3.29. The second kappa shape index (κ2) is 8.52. The van der Waals surface area contributed by atoms with E-state index in [0.717, 1.165) is 0 Å². The van der Waals surface area contributed by atoms with Gasteiger partial charge in [0.05, 0.1) is 35.0 Å². The molecule has 25 heavy (non-hydrogen) atoms. The highest BCUT2D eigenvalue weighted by atomic mass is 35.5. The second-order valence-corrected chi connectivity index (χ2v) is 6.12. The lowest BCUT2D eigenvalue weighted by molar-refractivity contribution is -0.158. The number of benzene rings is 1. The van der Waals surface area contributed by atoms with E-state index in [1.807, 2.05) is 6.07 Å². The van der Waals surface area contributed by atoms with Crippen molar-refractivity contribution in [3.8, 4) is 11.8 Å². The number of nitrogens with one attached hydrogen (secondary N) is 1. The van der Waals surface area contributed by atoms with Crippen LogP contribution >= 0.6 is 34.8 Å². The van der Waals surface area contributed by atoms with Gasteiger partial charge >= 0.3 is 5.97 Å². The molecule has 0 aliphatic heterocycles. The van der Waals surface area contributed by atoms with Crippen LogP contribution in [0.25, 0.3) is 5.69 Å². The number of hydrogen-bond donors (Lipinski definition) is 1. The van der Waals surface area contributed by atoms with Gasteiger partial charge in [0.25, 0.3) is 0 Å². The molecule has 7 nitrogen and oxygen atoms in total. The van der Waals surface area contributed by atoms with Crippen LogP contribution in [0, 0.1) is 11.3 Å². The molecule has 0 aliphatic carbocycles. The fourth-order valence-electron chi connectivity index (χ4n) is 1.95. The van der Waals surface area contributed by atoms with Crippen molar-refractivity contribution in [2.75, 3.05) is 7.11 Å². The van der Waals surface area contributed by atoms with Gasteiger partial charge in [0.15, 0.2) is 6.10 Å². The van der Waals surface area contributed by atoms with Crippen LogP contribution in [0.4, 0.5) is 0 Å². The molecule has 2 aromatic rings. The maximum absolute atomic E-state index is 11.3. The van der Waals surface area contributed by atoms with Gasteiger partial charge in [-0.3, -0.25) is 4.84 Å². The molecule has 1 aromatic carbocycles. The van der Waals surface area contributed by atoms with E-state index in [2.05, 4.69) is 15.3 Å². The molecule has 0 amide bonds. The number of nitrogens with zero attached hydrogens (tertiary/aromatic N) is 3. The topological polar surface area (TPSA) is 89.2 Å². The van der Waals surface area contributed by atoms with Gasteiger partial charge in [-0.25, -0.2) is 9.48 Å². The fraction of sp³-hybridized carbons (Fsp3) is 0.267. The van der Waals surface area contributed by atoms with Gasteiger partial charge in [-0.1, -0.05) is 34.8 Å². The summed E-state index contributed by atoms with van der Waals surface area (Å²) >= 11 is 18.2. The first-order valence-corrected chi connectivity index (χ1v) is 8.10. The number of esters is 1. The fourth-order valence-corrected chi connectivity index (χ4v) is 2.94. The van der Waals surface area contributed by atoms with E-state index in [-0.39, 0.29) is 6.54 Å². The van der Waals surface area contributed by atoms with E-state index in [1.54, 1.807) is 0 Å². The molecule has 0 saturated carbocycles. The van der Waals surface area contributed by atoms with Crippen molar-refractivity contribution in [3.63, 3.8) is 0 Å². The summed E-state index contributed by atoms with van der Waals surface area (Å²) in [7, 11) is 1.26. The average molecular weight is 404 g/mol. The highest BCUT2D eigenvalue weighted by molar-refractivity contribution is 6.40. The number of rotatable bonds is 6. The lowest BCUT2D eigenvalue weighted by Crippen LogP contribution is -2.29. The van der Waals surface area contributed by atoms with Crippen LogP contribution in [0.5, 0.6) is 0 Å². The van der Waals surface area contributed by atoms with Crippen molar-refractivity contribution in [1.82, 2.24) is 15.3 Å². The summed E-state index contributed by atoms with van der Waals surface area (Å²) in [6, 6.07) is 5.08. The molecule has 1 aromatic heterocycles. The average Bonchev–Trinajstić information content (AvgIpc) is 2.95. The summed E-state index contributed by atoms with van der Waals surface area (Å²) in [5, 5.41) is 14.5. The molecule has 0 radical (unpaired) electrons. The quantitative estimate of drug-likeness (QED) is 0.588. The van der Waals surface area contributed by atoms with Crippen LogP contribution in [0.3, 0.4) is 0 Å². The molecular weight excluding hydrogens is 391 g/mol. The Morgan fingerprint density at radius 3 is 2.60 bits per heavy atom. The van der Waals surface area contributed by atoms with E-state index in [4.69, 9.17) is 39.6 Å². The van der Waals surface area contributed by atoms with Crippen LogP contribution < -0.4 is 5.48 Å². The van der Waals surface area contributed by atoms with Crippen molar-refractivity contribution in [1.29, 1.82) is 5.26 Å². The Bertz CT molecular complexity index is 809. The highest BCUT2D eigenvalue weighted by Crippen LogP contribution is 2.32. The normalized spacial score (nSPS) is 11.8. The zero-order chi connectivity index (χ0) is 18.6. The largest absolute Gasteiger partial charge is 0.467 e. The molecule has 1 atom stereocenters. The monoisotopic (exact) mass is 402 g/mol. The molecule has 0 bridgehead atoms. The lowest BCUT2D eigenvalue weighted by atomic mass is 10.3. The minimum absolute atomic E-state index is 0.0834.